The molecule has 0 bridgehead atoms. The lowest BCUT2D eigenvalue weighted by molar-refractivity contribution is 0.218. The van der Waals surface area contributed by atoms with Crippen molar-refractivity contribution in [3.63, 3.8) is 0 Å². The summed E-state index contributed by atoms with van der Waals surface area (Å²) in [6.07, 6.45) is 6.80. The normalized spacial score (nSPS) is 14.9. The van der Waals surface area contributed by atoms with Gasteiger partial charge in [-0.2, -0.15) is 0 Å². The molecule has 0 saturated carbocycles. The molecule has 1 atom stereocenters. The first-order valence-electron chi connectivity index (χ1n) is 6.76. The lowest BCUT2D eigenvalue weighted by Crippen LogP contribution is -2.11. The molecule has 0 N–H and O–H groups in total. The van der Waals surface area contributed by atoms with E-state index < -0.39 is 0 Å². The second kappa shape index (κ2) is 10.7. The van der Waals surface area contributed by atoms with Crippen molar-refractivity contribution in [1.29, 1.82) is 0 Å². The van der Waals surface area contributed by atoms with Gasteiger partial charge in [0.1, 0.15) is 16.9 Å². The van der Waals surface area contributed by atoms with E-state index in [-0.39, 0.29) is 5.41 Å². The van der Waals surface area contributed by atoms with Gasteiger partial charge in [-0.1, -0.05) is 46.3 Å². The van der Waals surface area contributed by atoms with E-state index in [9.17, 15) is 0 Å². The summed E-state index contributed by atoms with van der Waals surface area (Å²) in [5.74, 6) is 1.13. The highest BCUT2D eigenvalue weighted by Gasteiger charge is 2.14. The highest BCUT2D eigenvalue weighted by molar-refractivity contribution is 7.99. The minimum absolute atomic E-state index is 0.273. The Balaban J connectivity index is 0. The molecule has 0 fully saturated rings. The first-order chi connectivity index (χ1) is 8.29. The fraction of sp³-hybridized carbons (Fsp3) is 0.750. The van der Waals surface area contributed by atoms with Crippen LogP contribution in [0.3, 0.4) is 0 Å². The largest absolute Gasteiger partial charge is 0.380 e. The minimum atomic E-state index is 0.273. The molecule has 2 heteroatoms. The highest BCUT2D eigenvalue weighted by Crippen LogP contribution is 2.24. The average molecular weight is 274 g/mol. The number of methoxy groups -OCH3 is 1. The van der Waals surface area contributed by atoms with Crippen molar-refractivity contribution in [2.24, 2.45) is 5.41 Å². The Labute approximate surface area is 118 Å². The first-order valence-corrected chi connectivity index (χ1v) is 8.56. The third-order valence-electron chi connectivity index (χ3n) is 2.89. The van der Waals surface area contributed by atoms with Crippen LogP contribution in [0.4, 0.5) is 0 Å². The van der Waals surface area contributed by atoms with Crippen molar-refractivity contribution >= 4 is 10.9 Å². The van der Waals surface area contributed by atoms with Gasteiger partial charge in [-0.05, 0) is 18.4 Å². The molecule has 0 aliphatic rings. The van der Waals surface area contributed by atoms with Gasteiger partial charge >= 0.3 is 0 Å². The zero-order chi connectivity index (χ0) is 14.8. The van der Waals surface area contributed by atoms with Crippen LogP contribution in [-0.4, -0.2) is 25.7 Å². The lowest BCUT2D eigenvalue weighted by atomic mass is 9.87. The number of rotatable bonds is 5. The average Bonchev–Trinajstić information content (AvgIpc) is 2.33. The zero-order valence-corrected chi connectivity index (χ0v) is 14.7. The summed E-state index contributed by atoms with van der Waals surface area (Å²) < 4.78 is 5.11. The minimum Gasteiger partial charge on any atom is -0.380 e. The van der Waals surface area contributed by atoms with Crippen LogP contribution in [-0.2, 0) is 15.6 Å². The van der Waals surface area contributed by atoms with Crippen molar-refractivity contribution < 1.29 is 4.74 Å². The Morgan fingerprint density at radius 2 is 1.61 bits per heavy atom. The molecule has 18 heavy (non-hydrogen) atoms. The molecule has 0 aromatic carbocycles. The summed E-state index contributed by atoms with van der Waals surface area (Å²) >= 11 is 0. The summed E-state index contributed by atoms with van der Waals surface area (Å²) in [7, 11) is 2.10. The summed E-state index contributed by atoms with van der Waals surface area (Å²) in [6, 6.07) is 0. The number of ether oxygens (including phenoxy) is 1. The van der Waals surface area contributed by atoms with Gasteiger partial charge < -0.3 is 4.74 Å². The van der Waals surface area contributed by atoms with E-state index in [1.54, 1.807) is 7.11 Å². The molecular weight excluding hydrogens is 240 g/mol. The molecule has 0 aliphatic carbocycles. The van der Waals surface area contributed by atoms with Gasteiger partial charge in [0, 0.05) is 24.9 Å². The van der Waals surface area contributed by atoms with E-state index >= 15 is 0 Å². The standard InChI is InChI=1S/C14H27OS.C2H6/c1-12(14(3,4)5)8-9-13(2)16(7)11-10-15-6;1-2/h8-9H,10-11H2,1-7H3;1-2H3/q+1;/b12-8+,13-9+;. The molecule has 0 radical (unpaired) electrons. The smallest absolute Gasteiger partial charge is 0.136 e. The Morgan fingerprint density at radius 1 is 1.11 bits per heavy atom. The molecule has 1 unspecified atom stereocenters. The Kier molecular flexibility index (Phi) is 11.9. The van der Waals surface area contributed by atoms with Crippen molar-refractivity contribution in [2.75, 3.05) is 25.7 Å². The first kappa shape index (κ1) is 20.1. The predicted molar refractivity (Wildman–Crippen MR) is 88.3 cm³/mol. The third-order valence-corrected chi connectivity index (χ3v) is 4.91. The van der Waals surface area contributed by atoms with E-state index in [0.29, 0.717) is 10.9 Å². The maximum Gasteiger partial charge on any atom is 0.136 e. The fourth-order valence-corrected chi connectivity index (χ4v) is 2.02. The quantitative estimate of drug-likeness (QED) is 0.516. The molecule has 0 spiro atoms. The van der Waals surface area contributed by atoms with Crippen LogP contribution in [0, 0.1) is 5.41 Å². The van der Waals surface area contributed by atoms with Gasteiger partial charge in [0.25, 0.3) is 0 Å². The molecule has 0 heterocycles. The Morgan fingerprint density at radius 3 is 2.00 bits per heavy atom. The molecule has 0 aromatic heterocycles. The Hall–Kier alpha value is -0.210. The molecule has 0 rings (SSSR count). The predicted octanol–water partition coefficient (Wildman–Crippen LogP) is 4.80. The number of hydrogen-bond acceptors (Lipinski definition) is 1. The van der Waals surface area contributed by atoms with Gasteiger partial charge in [0.15, 0.2) is 0 Å². The molecular formula is C16H33OS+. The van der Waals surface area contributed by atoms with Crippen molar-refractivity contribution in [3.05, 3.63) is 22.6 Å². The number of allylic oxidation sites excluding steroid dienone is 4. The lowest BCUT2D eigenvalue weighted by Gasteiger charge is -2.18. The number of hydrogen-bond donors (Lipinski definition) is 0. The van der Waals surface area contributed by atoms with E-state index in [1.807, 2.05) is 13.8 Å². The van der Waals surface area contributed by atoms with Gasteiger partial charge in [-0.15, -0.1) is 0 Å². The van der Waals surface area contributed by atoms with E-state index in [1.165, 1.54) is 10.5 Å². The fourth-order valence-electron chi connectivity index (χ4n) is 0.978. The topological polar surface area (TPSA) is 9.23 Å². The molecule has 1 nitrogen and oxygen atoms in total. The van der Waals surface area contributed by atoms with Gasteiger partial charge in [-0.25, -0.2) is 0 Å². The van der Waals surface area contributed by atoms with Crippen molar-refractivity contribution in [3.8, 4) is 0 Å². The van der Waals surface area contributed by atoms with Crippen molar-refractivity contribution in [2.45, 2.75) is 48.5 Å². The molecule has 0 aliphatic heterocycles. The van der Waals surface area contributed by atoms with Crippen LogP contribution in [0.25, 0.3) is 0 Å². The van der Waals surface area contributed by atoms with Crippen LogP contribution < -0.4 is 0 Å². The van der Waals surface area contributed by atoms with Crippen LogP contribution in [0.1, 0.15) is 48.5 Å². The molecule has 0 aromatic rings. The van der Waals surface area contributed by atoms with Crippen LogP contribution in [0.5, 0.6) is 0 Å². The maximum atomic E-state index is 5.11. The van der Waals surface area contributed by atoms with Gasteiger partial charge in [0.2, 0.25) is 0 Å². The van der Waals surface area contributed by atoms with Crippen LogP contribution >= 0.6 is 0 Å². The second-order valence-electron chi connectivity index (χ2n) is 5.21. The van der Waals surface area contributed by atoms with Gasteiger partial charge in [0.05, 0.1) is 6.61 Å². The van der Waals surface area contributed by atoms with E-state index in [2.05, 4.69) is 53.0 Å². The summed E-state index contributed by atoms with van der Waals surface area (Å²) in [5, 5.41) is 0. The van der Waals surface area contributed by atoms with E-state index in [0.717, 1.165) is 12.4 Å². The summed E-state index contributed by atoms with van der Waals surface area (Å²) in [6.45, 7) is 16.0. The monoisotopic (exact) mass is 273 g/mol. The second-order valence-corrected chi connectivity index (χ2v) is 7.54. The van der Waals surface area contributed by atoms with Gasteiger partial charge in [-0.3, -0.25) is 0 Å². The zero-order valence-electron chi connectivity index (χ0n) is 13.9. The highest BCUT2D eigenvalue weighted by atomic mass is 32.2. The SMILES string of the molecule is CC.COCC[S+](C)/C(C)=C/C=C(\C)C(C)(C)C. The maximum absolute atomic E-state index is 5.11. The molecule has 0 amide bonds. The molecule has 108 valence electrons. The summed E-state index contributed by atoms with van der Waals surface area (Å²) in [5.41, 5.74) is 1.70. The van der Waals surface area contributed by atoms with E-state index in [4.69, 9.17) is 4.74 Å². The third kappa shape index (κ3) is 9.78. The van der Waals surface area contributed by atoms with Crippen LogP contribution in [0.2, 0.25) is 0 Å². The Bertz CT molecular complexity index is 259. The van der Waals surface area contributed by atoms with Crippen LogP contribution in [0.15, 0.2) is 22.6 Å². The van der Waals surface area contributed by atoms with Crippen molar-refractivity contribution in [1.82, 2.24) is 0 Å². The molecule has 0 saturated heterocycles. The summed E-state index contributed by atoms with van der Waals surface area (Å²) in [4.78, 5) is 1.46.